The van der Waals surface area contributed by atoms with E-state index >= 15 is 0 Å². The maximum atomic E-state index is 13.1. The number of hydrogen-bond donors (Lipinski definition) is 2. The van der Waals surface area contributed by atoms with Crippen molar-refractivity contribution < 1.29 is 14.2 Å². The van der Waals surface area contributed by atoms with Crippen LogP contribution < -0.4 is 10.5 Å². The Hall–Kier alpha value is -1.13. The van der Waals surface area contributed by atoms with E-state index in [2.05, 4.69) is 0 Å². The molecule has 0 bridgehead atoms. The number of halogens is 1. The summed E-state index contributed by atoms with van der Waals surface area (Å²) in [6, 6.07) is 4.44. The van der Waals surface area contributed by atoms with Gasteiger partial charge in [0.25, 0.3) is 0 Å². The molecule has 3 nitrogen and oxygen atoms in total. The van der Waals surface area contributed by atoms with Crippen molar-refractivity contribution in [1.29, 1.82) is 0 Å². The standard InChI is InChI=1S/C11H16FNO2/c1-8-2-3-10(6-11(8)12)15-5-4-9(13)7-14/h2-3,6,9,14H,4-5,7,13H2,1H3. The van der Waals surface area contributed by atoms with Gasteiger partial charge >= 0.3 is 0 Å². The first-order valence-electron chi connectivity index (χ1n) is 4.89. The van der Waals surface area contributed by atoms with Crippen molar-refractivity contribution in [3.63, 3.8) is 0 Å². The predicted molar refractivity (Wildman–Crippen MR) is 56.3 cm³/mol. The molecule has 0 radical (unpaired) electrons. The van der Waals surface area contributed by atoms with Crippen molar-refractivity contribution in [2.24, 2.45) is 5.73 Å². The average Bonchev–Trinajstić information content (AvgIpc) is 2.23. The highest BCUT2D eigenvalue weighted by Gasteiger charge is 2.02. The van der Waals surface area contributed by atoms with E-state index in [1.54, 1.807) is 19.1 Å². The largest absolute Gasteiger partial charge is 0.493 e. The first kappa shape index (κ1) is 11.9. The molecular weight excluding hydrogens is 197 g/mol. The van der Waals surface area contributed by atoms with E-state index in [0.29, 0.717) is 24.3 Å². The van der Waals surface area contributed by atoms with Gasteiger partial charge in [0.2, 0.25) is 0 Å². The van der Waals surface area contributed by atoms with Crippen molar-refractivity contribution in [1.82, 2.24) is 0 Å². The van der Waals surface area contributed by atoms with Crippen LogP contribution in [0, 0.1) is 12.7 Å². The Labute approximate surface area is 88.7 Å². The van der Waals surface area contributed by atoms with E-state index < -0.39 is 0 Å². The topological polar surface area (TPSA) is 55.5 Å². The van der Waals surface area contributed by atoms with Gasteiger partial charge in [-0.2, -0.15) is 0 Å². The molecule has 0 saturated carbocycles. The van der Waals surface area contributed by atoms with Crippen LogP contribution in [0.4, 0.5) is 4.39 Å². The van der Waals surface area contributed by atoms with Gasteiger partial charge in [-0.15, -0.1) is 0 Å². The van der Waals surface area contributed by atoms with E-state index in [1.165, 1.54) is 6.07 Å². The van der Waals surface area contributed by atoms with Crippen LogP contribution in [0.25, 0.3) is 0 Å². The van der Waals surface area contributed by atoms with Gasteiger partial charge in [0.15, 0.2) is 0 Å². The van der Waals surface area contributed by atoms with Crippen LogP contribution in [-0.4, -0.2) is 24.4 Å². The quantitative estimate of drug-likeness (QED) is 0.773. The van der Waals surface area contributed by atoms with Gasteiger partial charge in [0, 0.05) is 12.1 Å². The molecule has 1 aromatic carbocycles. The van der Waals surface area contributed by atoms with E-state index in [9.17, 15) is 4.39 Å². The lowest BCUT2D eigenvalue weighted by atomic mass is 10.2. The Bertz CT molecular complexity index is 317. The molecule has 1 rings (SSSR count). The summed E-state index contributed by atoms with van der Waals surface area (Å²) in [5.74, 6) is 0.210. The van der Waals surface area contributed by atoms with E-state index in [-0.39, 0.29) is 18.5 Å². The third-order valence-corrected chi connectivity index (χ3v) is 2.14. The van der Waals surface area contributed by atoms with Crippen LogP contribution in [0.15, 0.2) is 18.2 Å². The van der Waals surface area contributed by atoms with Gasteiger partial charge in [0.05, 0.1) is 13.2 Å². The predicted octanol–water partition coefficient (Wildman–Crippen LogP) is 1.22. The number of aryl methyl sites for hydroxylation is 1. The monoisotopic (exact) mass is 213 g/mol. The second-order valence-electron chi connectivity index (χ2n) is 3.49. The SMILES string of the molecule is Cc1ccc(OCCC(N)CO)cc1F. The number of nitrogens with two attached hydrogens (primary N) is 1. The summed E-state index contributed by atoms with van der Waals surface area (Å²) in [4.78, 5) is 0. The summed E-state index contributed by atoms with van der Waals surface area (Å²) in [6.45, 7) is 2.01. The minimum Gasteiger partial charge on any atom is -0.493 e. The lowest BCUT2D eigenvalue weighted by Crippen LogP contribution is -2.26. The number of ether oxygens (including phenoxy) is 1. The minimum absolute atomic E-state index is 0.0639. The number of aliphatic hydroxyl groups excluding tert-OH is 1. The summed E-state index contributed by atoms with van der Waals surface area (Å²) >= 11 is 0. The number of benzene rings is 1. The molecule has 0 fully saturated rings. The molecule has 3 N–H and O–H groups in total. The highest BCUT2D eigenvalue weighted by Crippen LogP contribution is 2.15. The van der Waals surface area contributed by atoms with Gasteiger partial charge in [0.1, 0.15) is 11.6 Å². The zero-order valence-electron chi connectivity index (χ0n) is 8.74. The minimum atomic E-state index is -0.279. The van der Waals surface area contributed by atoms with Gasteiger partial charge in [-0.05, 0) is 25.0 Å². The Kier molecular flexibility index (Phi) is 4.52. The van der Waals surface area contributed by atoms with Gasteiger partial charge < -0.3 is 15.6 Å². The molecule has 1 unspecified atom stereocenters. The molecule has 0 aliphatic rings. The molecule has 4 heteroatoms. The Morgan fingerprint density at radius 2 is 2.27 bits per heavy atom. The molecule has 0 spiro atoms. The maximum Gasteiger partial charge on any atom is 0.129 e. The average molecular weight is 213 g/mol. The lowest BCUT2D eigenvalue weighted by molar-refractivity contribution is 0.230. The van der Waals surface area contributed by atoms with Crippen LogP contribution in [-0.2, 0) is 0 Å². The van der Waals surface area contributed by atoms with E-state index in [0.717, 1.165) is 0 Å². The molecule has 0 aliphatic carbocycles. The zero-order valence-corrected chi connectivity index (χ0v) is 8.74. The molecule has 0 heterocycles. The molecule has 0 amide bonds. The van der Waals surface area contributed by atoms with E-state index in [1.807, 2.05) is 0 Å². The van der Waals surface area contributed by atoms with Gasteiger partial charge in [-0.1, -0.05) is 6.07 Å². The van der Waals surface area contributed by atoms with Crippen molar-refractivity contribution in [2.75, 3.05) is 13.2 Å². The third kappa shape index (κ3) is 3.85. The highest BCUT2D eigenvalue weighted by atomic mass is 19.1. The van der Waals surface area contributed by atoms with Crippen LogP contribution in [0.3, 0.4) is 0 Å². The molecule has 15 heavy (non-hydrogen) atoms. The summed E-state index contributed by atoms with van der Waals surface area (Å²) in [6.07, 6.45) is 0.548. The number of hydrogen-bond acceptors (Lipinski definition) is 3. The normalized spacial score (nSPS) is 12.5. The van der Waals surface area contributed by atoms with Crippen molar-refractivity contribution >= 4 is 0 Å². The molecule has 1 aromatic rings. The van der Waals surface area contributed by atoms with Crippen LogP contribution in [0.5, 0.6) is 5.75 Å². The van der Waals surface area contributed by atoms with Crippen LogP contribution >= 0.6 is 0 Å². The fourth-order valence-corrected chi connectivity index (χ4v) is 1.08. The second kappa shape index (κ2) is 5.68. The molecule has 0 aromatic heterocycles. The molecule has 0 aliphatic heterocycles. The van der Waals surface area contributed by atoms with Crippen LogP contribution in [0.2, 0.25) is 0 Å². The summed E-state index contributed by atoms with van der Waals surface area (Å²) in [5.41, 5.74) is 6.08. The third-order valence-electron chi connectivity index (χ3n) is 2.14. The maximum absolute atomic E-state index is 13.1. The van der Waals surface area contributed by atoms with E-state index in [4.69, 9.17) is 15.6 Å². The second-order valence-corrected chi connectivity index (χ2v) is 3.49. The Morgan fingerprint density at radius 1 is 1.53 bits per heavy atom. The van der Waals surface area contributed by atoms with Gasteiger partial charge in [-0.25, -0.2) is 4.39 Å². The van der Waals surface area contributed by atoms with Crippen LogP contribution in [0.1, 0.15) is 12.0 Å². The Balaban J connectivity index is 2.41. The first-order valence-corrected chi connectivity index (χ1v) is 4.89. The molecule has 84 valence electrons. The number of aliphatic hydroxyl groups is 1. The molecule has 1 atom stereocenters. The van der Waals surface area contributed by atoms with Crippen molar-refractivity contribution in [3.05, 3.63) is 29.6 Å². The smallest absolute Gasteiger partial charge is 0.129 e. The van der Waals surface area contributed by atoms with Crippen molar-refractivity contribution in [2.45, 2.75) is 19.4 Å². The van der Waals surface area contributed by atoms with Crippen molar-refractivity contribution in [3.8, 4) is 5.75 Å². The molecule has 0 saturated heterocycles. The number of rotatable bonds is 5. The lowest BCUT2D eigenvalue weighted by Gasteiger charge is -2.10. The summed E-state index contributed by atoms with van der Waals surface area (Å²) in [7, 11) is 0. The van der Waals surface area contributed by atoms with Gasteiger partial charge in [-0.3, -0.25) is 0 Å². The fourth-order valence-electron chi connectivity index (χ4n) is 1.08. The summed E-state index contributed by atoms with van der Waals surface area (Å²) < 4.78 is 18.4. The zero-order chi connectivity index (χ0) is 11.3. The Morgan fingerprint density at radius 3 is 2.87 bits per heavy atom. The summed E-state index contributed by atoms with van der Waals surface area (Å²) in [5, 5.41) is 8.67. The molecular formula is C11H16FNO2. The first-order chi connectivity index (χ1) is 7.13. The highest BCUT2D eigenvalue weighted by molar-refractivity contribution is 5.27. The fraction of sp³-hybridized carbons (Fsp3) is 0.455.